The third-order valence-electron chi connectivity index (χ3n) is 3.73. The van der Waals surface area contributed by atoms with Crippen molar-refractivity contribution in [2.24, 2.45) is 0 Å². The van der Waals surface area contributed by atoms with Crippen molar-refractivity contribution < 1.29 is 4.74 Å². The van der Waals surface area contributed by atoms with E-state index in [-0.39, 0.29) is 4.75 Å². The highest BCUT2D eigenvalue weighted by Crippen LogP contribution is 2.48. The van der Waals surface area contributed by atoms with Crippen LogP contribution in [-0.2, 0) is 5.75 Å². The summed E-state index contributed by atoms with van der Waals surface area (Å²) >= 11 is 2.01. The van der Waals surface area contributed by atoms with E-state index in [0.717, 1.165) is 18.0 Å². The molecule has 3 heteroatoms. The highest BCUT2D eigenvalue weighted by molar-refractivity contribution is 8.00. The maximum absolute atomic E-state index is 5.52. The lowest BCUT2D eigenvalue weighted by atomic mass is 9.87. The van der Waals surface area contributed by atoms with Crippen molar-refractivity contribution in [1.82, 2.24) is 5.32 Å². The summed E-state index contributed by atoms with van der Waals surface area (Å²) in [5, 5.41) is 3.65. The minimum Gasteiger partial charge on any atom is -0.496 e. The van der Waals surface area contributed by atoms with Crippen molar-refractivity contribution in [2.75, 3.05) is 13.7 Å². The van der Waals surface area contributed by atoms with E-state index in [2.05, 4.69) is 45.1 Å². The Kier molecular flexibility index (Phi) is 3.93. The van der Waals surface area contributed by atoms with Crippen LogP contribution in [0.2, 0.25) is 0 Å². The second kappa shape index (κ2) is 5.14. The van der Waals surface area contributed by atoms with E-state index >= 15 is 0 Å². The van der Waals surface area contributed by atoms with Crippen LogP contribution in [0, 0.1) is 6.92 Å². The SMILES string of the molecule is CCNC1c2c(C)ccc(OC)c2CSC1(C)C. The van der Waals surface area contributed by atoms with Gasteiger partial charge >= 0.3 is 0 Å². The maximum atomic E-state index is 5.52. The molecule has 0 fully saturated rings. The van der Waals surface area contributed by atoms with Crippen LogP contribution in [0.15, 0.2) is 12.1 Å². The zero-order valence-corrected chi connectivity index (χ0v) is 12.8. The molecule has 0 bridgehead atoms. The Balaban J connectivity index is 2.56. The summed E-state index contributed by atoms with van der Waals surface area (Å²) in [7, 11) is 1.76. The van der Waals surface area contributed by atoms with E-state index in [4.69, 9.17) is 4.74 Å². The molecule has 1 N–H and O–H groups in total. The van der Waals surface area contributed by atoms with E-state index in [1.165, 1.54) is 16.7 Å². The number of thioether (sulfide) groups is 1. The molecule has 2 nitrogen and oxygen atoms in total. The lowest BCUT2D eigenvalue weighted by Gasteiger charge is -2.41. The van der Waals surface area contributed by atoms with Crippen LogP contribution >= 0.6 is 11.8 Å². The molecule has 0 spiro atoms. The number of aryl methyl sites for hydroxylation is 1. The molecular formula is C15H23NOS. The molecule has 0 amide bonds. The molecule has 0 radical (unpaired) electrons. The topological polar surface area (TPSA) is 21.3 Å². The Morgan fingerprint density at radius 1 is 1.44 bits per heavy atom. The number of methoxy groups -OCH3 is 1. The van der Waals surface area contributed by atoms with Crippen molar-refractivity contribution >= 4 is 11.8 Å². The first-order valence-corrected chi connectivity index (χ1v) is 7.53. The molecule has 100 valence electrons. The van der Waals surface area contributed by atoms with Gasteiger partial charge in [0, 0.05) is 22.1 Å². The second-order valence-corrected chi connectivity index (χ2v) is 6.99. The van der Waals surface area contributed by atoms with Crippen LogP contribution in [0.5, 0.6) is 5.75 Å². The Morgan fingerprint density at radius 2 is 2.17 bits per heavy atom. The summed E-state index contributed by atoms with van der Waals surface area (Å²) in [6.45, 7) is 10.0. The lowest BCUT2D eigenvalue weighted by Crippen LogP contribution is -2.40. The normalized spacial score (nSPS) is 21.5. The molecule has 1 aromatic rings. The minimum atomic E-state index is 0.222. The number of fused-ring (bicyclic) bond motifs is 1. The zero-order valence-electron chi connectivity index (χ0n) is 12.0. The maximum Gasteiger partial charge on any atom is 0.123 e. The third-order valence-corrected chi connectivity index (χ3v) is 5.15. The average Bonchev–Trinajstić information content (AvgIpc) is 2.33. The molecule has 1 unspecified atom stereocenters. The quantitative estimate of drug-likeness (QED) is 0.901. The summed E-state index contributed by atoms with van der Waals surface area (Å²) in [5.41, 5.74) is 4.18. The molecular weight excluding hydrogens is 242 g/mol. The van der Waals surface area contributed by atoms with E-state index in [1.54, 1.807) is 7.11 Å². The van der Waals surface area contributed by atoms with Crippen LogP contribution in [0.25, 0.3) is 0 Å². The number of nitrogens with one attached hydrogen (secondary N) is 1. The molecule has 18 heavy (non-hydrogen) atoms. The van der Waals surface area contributed by atoms with Gasteiger partial charge in [-0.2, -0.15) is 0 Å². The molecule has 0 aromatic heterocycles. The van der Waals surface area contributed by atoms with Crippen LogP contribution < -0.4 is 10.1 Å². The minimum absolute atomic E-state index is 0.222. The summed E-state index contributed by atoms with van der Waals surface area (Å²) in [4.78, 5) is 0. The molecule has 1 atom stereocenters. The van der Waals surface area contributed by atoms with Gasteiger partial charge in [-0.05, 0) is 44.5 Å². The Hall–Kier alpha value is -0.670. The fraction of sp³-hybridized carbons (Fsp3) is 0.600. The average molecular weight is 265 g/mol. The predicted octanol–water partition coefficient (Wildman–Crippen LogP) is 3.68. The molecule has 1 aromatic carbocycles. The van der Waals surface area contributed by atoms with Gasteiger partial charge in [0.15, 0.2) is 0 Å². The molecule has 1 aliphatic rings. The van der Waals surface area contributed by atoms with Gasteiger partial charge in [-0.1, -0.05) is 13.0 Å². The fourth-order valence-corrected chi connectivity index (χ4v) is 3.93. The van der Waals surface area contributed by atoms with Gasteiger partial charge in [0.2, 0.25) is 0 Å². The zero-order chi connectivity index (χ0) is 13.3. The van der Waals surface area contributed by atoms with Gasteiger partial charge in [0.1, 0.15) is 5.75 Å². The first-order chi connectivity index (χ1) is 8.51. The van der Waals surface area contributed by atoms with Crippen LogP contribution in [-0.4, -0.2) is 18.4 Å². The van der Waals surface area contributed by atoms with Gasteiger partial charge < -0.3 is 10.1 Å². The van der Waals surface area contributed by atoms with Gasteiger partial charge in [-0.25, -0.2) is 0 Å². The standard InChI is InChI=1S/C15H23NOS/c1-6-16-14-13-10(2)7-8-12(17-5)11(13)9-18-15(14,3)4/h7-8,14,16H,6,9H2,1-5H3. The van der Waals surface area contributed by atoms with Gasteiger partial charge in [-0.3, -0.25) is 0 Å². The fourth-order valence-electron chi connectivity index (χ4n) is 2.74. The highest BCUT2D eigenvalue weighted by Gasteiger charge is 2.38. The van der Waals surface area contributed by atoms with Crippen molar-refractivity contribution in [1.29, 1.82) is 0 Å². The van der Waals surface area contributed by atoms with Crippen LogP contribution in [0.4, 0.5) is 0 Å². The summed E-state index contributed by atoms with van der Waals surface area (Å²) in [5.74, 6) is 2.07. The van der Waals surface area contributed by atoms with Crippen molar-refractivity contribution in [3.63, 3.8) is 0 Å². The number of ether oxygens (including phenoxy) is 1. The monoisotopic (exact) mass is 265 g/mol. The second-order valence-electron chi connectivity index (χ2n) is 5.36. The lowest BCUT2D eigenvalue weighted by molar-refractivity contribution is 0.402. The summed E-state index contributed by atoms with van der Waals surface area (Å²) in [6, 6.07) is 4.66. The summed E-state index contributed by atoms with van der Waals surface area (Å²) < 4.78 is 5.74. The number of hydrogen-bond acceptors (Lipinski definition) is 3. The van der Waals surface area contributed by atoms with E-state index in [9.17, 15) is 0 Å². The first-order valence-electron chi connectivity index (χ1n) is 6.55. The highest BCUT2D eigenvalue weighted by atomic mass is 32.2. The number of hydrogen-bond donors (Lipinski definition) is 1. The first kappa shape index (κ1) is 13.8. The van der Waals surface area contributed by atoms with Crippen LogP contribution in [0.3, 0.4) is 0 Å². The molecule has 1 heterocycles. The molecule has 2 rings (SSSR count). The van der Waals surface area contributed by atoms with E-state index in [0.29, 0.717) is 6.04 Å². The van der Waals surface area contributed by atoms with E-state index in [1.807, 2.05) is 11.8 Å². The molecule has 0 aliphatic carbocycles. The van der Waals surface area contributed by atoms with Crippen molar-refractivity contribution in [3.05, 3.63) is 28.8 Å². The van der Waals surface area contributed by atoms with Gasteiger partial charge in [0.05, 0.1) is 7.11 Å². The largest absolute Gasteiger partial charge is 0.496 e. The van der Waals surface area contributed by atoms with Crippen LogP contribution in [0.1, 0.15) is 43.5 Å². The molecule has 0 saturated carbocycles. The Morgan fingerprint density at radius 3 is 2.78 bits per heavy atom. The Labute approximate surface area is 114 Å². The van der Waals surface area contributed by atoms with Gasteiger partial charge in [0.25, 0.3) is 0 Å². The van der Waals surface area contributed by atoms with Gasteiger partial charge in [-0.15, -0.1) is 11.8 Å². The molecule has 0 saturated heterocycles. The smallest absolute Gasteiger partial charge is 0.123 e. The van der Waals surface area contributed by atoms with Crippen molar-refractivity contribution in [2.45, 2.75) is 44.2 Å². The number of rotatable bonds is 3. The van der Waals surface area contributed by atoms with Crippen molar-refractivity contribution in [3.8, 4) is 5.75 Å². The number of benzene rings is 1. The predicted molar refractivity (Wildman–Crippen MR) is 79.5 cm³/mol. The summed E-state index contributed by atoms with van der Waals surface area (Å²) in [6.07, 6.45) is 0. The Bertz CT molecular complexity index is 442. The third kappa shape index (κ3) is 2.26. The van der Waals surface area contributed by atoms with E-state index < -0.39 is 0 Å². The molecule has 1 aliphatic heterocycles.